The Bertz CT molecular complexity index is 496. The predicted octanol–water partition coefficient (Wildman–Crippen LogP) is 1.70. The largest absolute Gasteiger partial charge is 0.476 e. The topological polar surface area (TPSA) is 82.5 Å². The van der Waals surface area contributed by atoms with E-state index < -0.39 is 5.97 Å². The molecule has 0 saturated heterocycles. The Morgan fingerprint density at radius 1 is 1.63 bits per heavy atom. The Balaban J connectivity index is 1.87. The lowest BCUT2D eigenvalue weighted by Gasteiger charge is -2.20. The summed E-state index contributed by atoms with van der Waals surface area (Å²) < 4.78 is 0. The molecule has 1 aliphatic carbocycles. The number of thiazole rings is 1. The maximum Gasteiger partial charge on any atom is 0.355 e. The summed E-state index contributed by atoms with van der Waals surface area (Å²) in [5, 5.41) is 13.6. The van der Waals surface area contributed by atoms with Crippen LogP contribution in [0.15, 0.2) is 18.0 Å². The average molecular weight is 281 g/mol. The van der Waals surface area contributed by atoms with Crippen molar-refractivity contribution < 1.29 is 14.7 Å². The molecule has 0 atom stereocenters. The van der Waals surface area contributed by atoms with Gasteiger partial charge in [0.15, 0.2) is 5.69 Å². The lowest BCUT2D eigenvalue weighted by molar-refractivity contribution is 0.0691. The Hall–Kier alpha value is -1.89. The van der Waals surface area contributed by atoms with Gasteiger partial charge in [0.1, 0.15) is 5.01 Å². The first-order valence-electron chi connectivity index (χ1n) is 5.95. The first-order chi connectivity index (χ1) is 9.11. The van der Waals surface area contributed by atoms with Gasteiger partial charge < -0.3 is 15.3 Å². The molecule has 1 saturated carbocycles. The van der Waals surface area contributed by atoms with E-state index in [1.807, 2.05) is 0 Å². The molecular formula is C12H15N3O3S. The van der Waals surface area contributed by atoms with Gasteiger partial charge in [0.05, 0.1) is 6.54 Å². The van der Waals surface area contributed by atoms with E-state index in [-0.39, 0.29) is 18.3 Å². The van der Waals surface area contributed by atoms with Crippen molar-refractivity contribution >= 4 is 23.3 Å². The molecule has 2 rings (SSSR count). The van der Waals surface area contributed by atoms with Crippen molar-refractivity contribution in [3.05, 3.63) is 28.7 Å². The fraction of sp³-hybridized carbons (Fsp3) is 0.417. The van der Waals surface area contributed by atoms with Gasteiger partial charge in [0.25, 0.3) is 0 Å². The molecule has 1 aromatic rings. The third-order valence-corrected chi connectivity index (χ3v) is 3.58. The van der Waals surface area contributed by atoms with E-state index in [1.54, 1.807) is 11.0 Å². The second-order valence-electron chi connectivity index (χ2n) is 4.26. The number of carbonyl (C=O) groups is 2. The Morgan fingerprint density at radius 3 is 2.89 bits per heavy atom. The van der Waals surface area contributed by atoms with Crippen molar-refractivity contribution in [1.82, 2.24) is 15.2 Å². The van der Waals surface area contributed by atoms with Crippen molar-refractivity contribution in [2.45, 2.75) is 25.4 Å². The Kier molecular flexibility index (Phi) is 4.16. The highest BCUT2D eigenvalue weighted by atomic mass is 32.1. The van der Waals surface area contributed by atoms with E-state index >= 15 is 0 Å². The van der Waals surface area contributed by atoms with Gasteiger partial charge in [-0.05, 0) is 12.8 Å². The molecule has 0 spiro atoms. The van der Waals surface area contributed by atoms with Gasteiger partial charge in [-0.15, -0.1) is 17.9 Å². The summed E-state index contributed by atoms with van der Waals surface area (Å²) in [5.74, 6) is -1.06. The zero-order valence-corrected chi connectivity index (χ0v) is 11.2. The van der Waals surface area contributed by atoms with Crippen LogP contribution in [-0.2, 0) is 6.54 Å². The highest BCUT2D eigenvalue weighted by Gasteiger charge is 2.31. The van der Waals surface area contributed by atoms with E-state index in [2.05, 4.69) is 16.9 Å². The van der Waals surface area contributed by atoms with E-state index in [4.69, 9.17) is 5.11 Å². The van der Waals surface area contributed by atoms with Gasteiger partial charge in [-0.25, -0.2) is 14.6 Å². The number of hydrogen-bond donors (Lipinski definition) is 2. The van der Waals surface area contributed by atoms with Crippen LogP contribution in [0.5, 0.6) is 0 Å². The molecule has 0 unspecified atom stereocenters. The summed E-state index contributed by atoms with van der Waals surface area (Å²) in [6, 6.07) is 0.151. The Labute approximate surface area is 114 Å². The third kappa shape index (κ3) is 3.54. The zero-order chi connectivity index (χ0) is 13.8. The number of carboxylic acid groups (broad SMARTS) is 1. The molecule has 1 fully saturated rings. The van der Waals surface area contributed by atoms with E-state index in [1.165, 1.54) is 16.7 Å². The number of rotatable bonds is 6. The van der Waals surface area contributed by atoms with Crippen LogP contribution in [0.3, 0.4) is 0 Å². The van der Waals surface area contributed by atoms with Gasteiger partial charge in [-0.3, -0.25) is 0 Å². The molecule has 1 heterocycles. The standard InChI is InChI=1S/C12H15N3O3S/c1-2-5-15(8-3-4-8)12(18)13-6-10-14-9(7-19-10)11(16)17/h2,7-8H,1,3-6H2,(H,13,18)(H,16,17). The van der Waals surface area contributed by atoms with Crippen LogP contribution >= 0.6 is 11.3 Å². The molecule has 0 bridgehead atoms. The molecular weight excluding hydrogens is 266 g/mol. The number of aromatic nitrogens is 1. The number of nitrogens with one attached hydrogen (secondary N) is 1. The lowest BCUT2D eigenvalue weighted by atomic mass is 10.4. The van der Waals surface area contributed by atoms with Gasteiger partial charge in [0.2, 0.25) is 0 Å². The van der Waals surface area contributed by atoms with Crippen molar-refractivity contribution in [2.24, 2.45) is 0 Å². The second kappa shape index (κ2) is 5.83. The summed E-state index contributed by atoms with van der Waals surface area (Å²) in [6.45, 7) is 4.41. The van der Waals surface area contributed by atoms with E-state index in [0.29, 0.717) is 17.6 Å². The fourth-order valence-corrected chi connectivity index (χ4v) is 2.37. The molecule has 6 nitrogen and oxygen atoms in total. The molecule has 19 heavy (non-hydrogen) atoms. The van der Waals surface area contributed by atoms with Crippen LogP contribution in [0.4, 0.5) is 4.79 Å². The zero-order valence-electron chi connectivity index (χ0n) is 10.3. The van der Waals surface area contributed by atoms with Crippen molar-refractivity contribution in [3.8, 4) is 0 Å². The quantitative estimate of drug-likeness (QED) is 0.777. The molecule has 2 amide bonds. The highest BCUT2D eigenvalue weighted by molar-refractivity contribution is 7.09. The maximum atomic E-state index is 12.0. The molecule has 0 aliphatic heterocycles. The maximum absolute atomic E-state index is 12.0. The van der Waals surface area contributed by atoms with Crippen LogP contribution in [-0.4, -0.2) is 39.6 Å². The molecule has 2 N–H and O–H groups in total. The van der Waals surface area contributed by atoms with Gasteiger partial charge in [-0.1, -0.05) is 6.08 Å². The Morgan fingerprint density at radius 2 is 2.37 bits per heavy atom. The number of hydrogen-bond acceptors (Lipinski definition) is 4. The number of carbonyl (C=O) groups excluding carboxylic acids is 1. The summed E-state index contributed by atoms with van der Waals surface area (Å²) in [5.41, 5.74) is 0.0133. The van der Waals surface area contributed by atoms with Crippen LogP contribution in [0.1, 0.15) is 28.3 Å². The molecule has 0 radical (unpaired) electrons. The van der Waals surface area contributed by atoms with Crippen LogP contribution in [0.25, 0.3) is 0 Å². The van der Waals surface area contributed by atoms with E-state index in [9.17, 15) is 9.59 Å². The SMILES string of the molecule is C=CCN(C(=O)NCc1nc(C(=O)O)cs1)C1CC1. The minimum Gasteiger partial charge on any atom is -0.476 e. The molecule has 0 aromatic carbocycles. The fourth-order valence-electron chi connectivity index (χ4n) is 1.67. The monoisotopic (exact) mass is 281 g/mol. The van der Waals surface area contributed by atoms with Crippen LogP contribution < -0.4 is 5.32 Å². The highest BCUT2D eigenvalue weighted by Crippen LogP contribution is 2.26. The van der Waals surface area contributed by atoms with Gasteiger partial charge in [-0.2, -0.15) is 0 Å². The number of nitrogens with zero attached hydrogens (tertiary/aromatic N) is 2. The predicted molar refractivity (Wildman–Crippen MR) is 71.2 cm³/mol. The first-order valence-corrected chi connectivity index (χ1v) is 6.83. The number of urea groups is 1. The number of carboxylic acids is 1. The van der Waals surface area contributed by atoms with Gasteiger partial charge in [0, 0.05) is 18.0 Å². The minimum atomic E-state index is -1.06. The lowest BCUT2D eigenvalue weighted by Crippen LogP contribution is -2.41. The third-order valence-electron chi connectivity index (χ3n) is 2.74. The second-order valence-corrected chi connectivity index (χ2v) is 5.21. The van der Waals surface area contributed by atoms with Crippen LogP contribution in [0.2, 0.25) is 0 Å². The normalized spacial score (nSPS) is 13.9. The average Bonchev–Trinajstić information content (AvgIpc) is 3.10. The number of aromatic carboxylic acids is 1. The summed E-state index contributed by atoms with van der Waals surface area (Å²) in [7, 11) is 0. The van der Waals surface area contributed by atoms with Crippen LogP contribution in [0, 0.1) is 0 Å². The van der Waals surface area contributed by atoms with E-state index in [0.717, 1.165) is 12.8 Å². The van der Waals surface area contributed by atoms with Crippen molar-refractivity contribution in [2.75, 3.05) is 6.54 Å². The molecule has 1 aliphatic rings. The molecule has 102 valence electrons. The first kappa shape index (κ1) is 13.5. The summed E-state index contributed by atoms with van der Waals surface area (Å²) in [4.78, 5) is 28.3. The molecule has 7 heteroatoms. The molecule has 1 aromatic heterocycles. The summed E-state index contributed by atoms with van der Waals surface area (Å²) in [6.07, 6.45) is 3.76. The van der Waals surface area contributed by atoms with Gasteiger partial charge >= 0.3 is 12.0 Å². The number of amides is 2. The van der Waals surface area contributed by atoms with Crippen molar-refractivity contribution in [3.63, 3.8) is 0 Å². The minimum absolute atomic E-state index is 0.0133. The smallest absolute Gasteiger partial charge is 0.355 e. The summed E-state index contributed by atoms with van der Waals surface area (Å²) >= 11 is 1.22. The van der Waals surface area contributed by atoms with Crippen molar-refractivity contribution in [1.29, 1.82) is 0 Å².